The van der Waals surface area contributed by atoms with Crippen LogP contribution in [0.4, 0.5) is 8.78 Å². The fraction of sp³-hybridized carbons (Fsp3) is 0.462. The topological polar surface area (TPSA) is 49.3 Å². The summed E-state index contributed by atoms with van der Waals surface area (Å²) in [6.07, 6.45) is 1.69. The number of nitrogens with one attached hydrogen (secondary N) is 1. The molecule has 0 heterocycles. The van der Waals surface area contributed by atoms with Crippen LogP contribution in [0, 0.1) is 11.6 Å². The highest BCUT2D eigenvalue weighted by atomic mass is 32.2. The van der Waals surface area contributed by atoms with Crippen LogP contribution >= 0.6 is 11.8 Å². The first-order valence-electron chi connectivity index (χ1n) is 5.85. The van der Waals surface area contributed by atoms with Crippen LogP contribution in [-0.2, 0) is 11.2 Å². The van der Waals surface area contributed by atoms with E-state index in [0.717, 1.165) is 12.1 Å². The minimum absolute atomic E-state index is 0.0481. The minimum Gasteiger partial charge on any atom is -0.395 e. The summed E-state index contributed by atoms with van der Waals surface area (Å²) in [7, 11) is 0. The Bertz CT molecular complexity index is 439. The van der Waals surface area contributed by atoms with Crippen LogP contribution in [0.2, 0.25) is 0 Å². The number of rotatable bonds is 6. The minimum atomic E-state index is -0.730. The molecule has 0 aliphatic rings. The van der Waals surface area contributed by atoms with Crippen molar-refractivity contribution in [2.45, 2.75) is 24.6 Å². The van der Waals surface area contributed by atoms with E-state index < -0.39 is 11.6 Å². The van der Waals surface area contributed by atoms with Crippen LogP contribution in [0.25, 0.3) is 0 Å². The van der Waals surface area contributed by atoms with Gasteiger partial charge in [-0.3, -0.25) is 4.79 Å². The second-order valence-corrected chi connectivity index (χ2v) is 5.30. The van der Waals surface area contributed by atoms with Crippen LogP contribution < -0.4 is 5.32 Å². The molecule has 1 rings (SSSR count). The molecular weight excluding hydrogens is 272 g/mol. The summed E-state index contributed by atoms with van der Waals surface area (Å²) in [5.41, 5.74) is 0.149. The number of halogens is 2. The Morgan fingerprint density at radius 3 is 2.68 bits per heavy atom. The van der Waals surface area contributed by atoms with Crippen LogP contribution in [0.3, 0.4) is 0 Å². The fourth-order valence-corrected chi connectivity index (χ4v) is 2.30. The monoisotopic (exact) mass is 289 g/mol. The predicted octanol–water partition coefficient (Wildman–Crippen LogP) is 1.74. The fourth-order valence-electron chi connectivity index (χ4n) is 1.67. The Morgan fingerprint density at radius 2 is 2.16 bits per heavy atom. The van der Waals surface area contributed by atoms with Crippen molar-refractivity contribution in [2.75, 3.05) is 12.9 Å². The predicted molar refractivity (Wildman–Crippen MR) is 72.1 cm³/mol. The molecule has 106 valence electrons. The molecule has 0 fully saturated rings. The van der Waals surface area contributed by atoms with Crippen molar-refractivity contribution >= 4 is 17.7 Å². The van der Waals surface area contributed by atoms with Gasteiger partial charge in [-0.25, -0.2) is 8.78 Å². The van der Waals surface area contributed by atoms with Gasteiger partial charge in [0.1, 0.15) is 11.6 Å². The number of thioether (sulfide) groups is 1. The molecule has 0 bridgehead atoms. The molecule has 2 atom stereocenters. The number of benzene rings is 1. The van der Waals surface area contributed by atoms with E-state index in [-0.39, 0.29) is 35.8 Å². The average molecular weight is 289 g/mol. The maximum atomic E-state index is 13.4. The van der Waals surface area contributed by atoms with E-state index in [2.05, 4.69) is 5.32 Å². The lowest BCUT2D eigenvalue weighted by atomic mass is 10.1. The van der Waals surface area contributed by atoms with Gasteiger partial charge in [0.15, 0.2) is 0 Å². The van der Waals surface area contributed by atoms with E-state index in [9.17, 15) is 13.6 Å². The standard InChI is InChI=1S/C13H17F2NO2S/c1-8(12(7-17)19-2)16-13(18)5-9-3-4-10(14)6-11(9)15/h3-4,6,8,12,17H,5,7H2,1-2H3,(H,16,18). The Hall–Kier alpha value is -1.14. The molecular formula is C13H17F2NO2S. The first-order valence-corrected chi connectivity index (χ1v) is 7.13. The SMILES string of the molecule is CSC(CO)C(C)NC(=O)Cc1ccc(F)cc1F. The maximum Gasteiger partial charge on any atom is 0.224 e. The van der Waals surface area contributed by atoms with Crippen molar-refractivity contribution < 1.29 is 18.7 Å². The van der Waals surface area contributed by atoms with E-state index in [4.69, 9.17) is 5.11 Å². The molecule has 2 N–H and O–H groups in total. The third-order valence-corrected chi connectivity index (χ3v) is 3.96. The van der Waals surface area contributed by atoms with Gasteiger partial charge in [-0.15, -0.1) is 0 Å². The molecule has 0 aromatic heterocycles. The number of hydrogen-bond donors (Lipinski definition) is 2. The molecule has 19 heavy (non-hydrogen) atoms. The highest BCUT2D eigenvalue weighted by molar-refractivity contribution is 7.99. The van der Waals surface area contributed by atoms with Gasteiger partial charge in [0.25, 0.3) is 0 Å². The lowest BCUT2D eigenvalue weighted by molar-refractivity contribution is -0.121. The number of carbonyl (C=O) groups excluding carboxylic acids is 1. The van der Waals surface area contributed by atoms with E-state index in [1.165, 1.54) is 17.8 Å². The van der Waals surface area contributed by atoms with E-state index in [1.807, 2.05) is 6.26 Å². The van der Waals surface area contributed by atoms with Crippen molar-refractivity contribution in [3.05, 3.63) is 35.4 Å². The number of hydrogen-bond acceptors (Lipinski definition) is 3. The van der Waals surface area contributed by atoms with E-state index in [1.54, 1.807) is 6.92 Å². The smallest absolute Gasteiger partial charge is 0.224 e. The van der Waals surface area contributed by atoms with Gasteiger partial charge in [0.2, 0.25) is 5.91 Å². The van der Waals surface area contributed by atoms with Gasteiger partial charge in [0.05, 0.1) is 13.0 Å². The summed E-state index contributed by atoms with van der Waals surface area (Å²) in [5.74, 6) is -1.75. The van der Waals surface area contributed by atoms with E-state index in [0.29, 0.717) is 0 Å². The van der Waals surface area contributed by atoms with Gasteiger partial charge in [0, 0.05) is 17.4 Å². The second kappa shape index (κ2) is 7.45. The van der Waals surface area contributed by atoms with Crippen LogP contribution in [0.1, 0.15) is 12.5 Å². The number of amides is 1. The quantitative estimate of drug-likeness (QED) is 0.838. The maximum absolute atomic E-state index is 13.4. The third-order valence-electron chi connectivity index (χ3n) is 2.80. The first kappa shape index (κ1) is 15.9. The van der Waals surface area contributed by atoms with Crippen molar-refractivity contribution in [1.82, 2.24) is 5.32 Å². The zero-order chi connectivity index (χ0) is 14.4. The van der Waals surface area contributed by atoms with Crippen LogP contribution in [0.15, 0.2) is 18.2 Å². The third kappa shape index (κ3) is 4.80. The highest BCUT2D eigenvalue weighted by Gasteiger charge is 2.18. The summed E-state index contributed by atoms with van der Waals surface area (Å²) < 4.78 is 26.1. The number of aliphatic hydroxyl groups excluding tert-OH is 1. The lowest BCUT2D eigenvalue weighted by Crippen LogP contribution is -2.42. The molecule has 0 saturated heterocycles. The lowest BCUT2D eigenvalue weighted by Gasteiger charge is -2.21. The Kier molecular flexibility index (Phi) is 6.24. The van der Waals surface area contributed by atoms with Crippen LogP contribution in [-0.4, -0.2) is 35.2 Å². The summed E-state index contributed by atoms with van der Waals surface area (Å²) in [6, 6.07) is 2.90. The van der Waals surface area contributed by atoms with Gasteiger partial charge in [-0.1, -0.05) is 6.07 Å². The second-order valence-electron chi connectivity index (χ2n) is 4.23. The van der Waals surface area contributed by atoms with Crippen molar-refractivity contribution in [3.63, 3.8) is 0 Å². The van der Waals surface area contributed by atoms with Gasteiger partial charge >= 0.3 is 0 Å². The zero-order valence-corrected chi connectivity index (χ0v) is 11.6. The molecule has 1 aromatic rings. The zero-order valence-electron chi connectivity index (χ0n) is 10.8. The largest absolute Gasteiger partial charge is 0.395 e. The molecule has 0 saturated carbocycles. The summed E-state index contributed by atoms with van der Waals surface area (Å²) in [6.45, 7) is 1.73. The van der Waals surface area contributed by atoms with Crippen molar-refractivity contribution in [3.8, 4) is 0 Å². The molecule has 6 heteroatoms. The molecule has 0 aliphatic carbocycles. The Balaban J connectivity index is 2.60. The molecule has 0 spiro atoms. The van der Waals surface area contributed by atoms with E-state index >= 15 is 0 Å². The number of aliphatic hydroxyl groups is 1. The normalized spacial score (nSPS) is 13.9. The summed E-state index contributed by atoms with van der Waals surface area (Å²) in [5, 5.41) is 11.7. The Morgan fingerprint density at radius 1 is 1.47 bits per heavy atom. The average Bonchev–Trinajstić information content (AvgIpc) is 2.34. The molecule has 0 aliphatic heterocycles. The number of carbonyl (C=O) groups is 1. The Labute approximate surface area is 115 Å². The first-order chi connectivity index (χ1) is 8.97. The van der Waals surface area contributed by atoms with Crippen molar-refractivity contribution in [2.24, 2.45) is 0 Å². The molecule has 3 nitrogen and oxygen atoms in total. The molecule has 1 aromatic carbocycles. The van der Waals surface area contributed by atoms with Gasteiger partial charge < -0.3 is 10.4 Å². The molecule has 0 radical (unpaired) electrons. The molecule has 2 unspecified atom stereocenters. The van der Waals surface area contributed by atoms with Crippen LogP contribution in [0.5, 0.6) is 0 Å². The highest BCUT2D eigenvalue weighted by Crippen LogP contribution is 2.12. The summed E-state index contributed by atoms with van der Waals surface area (Å²) >= 11 is 1.44. The summed E-state index contributed by atoms with van der Waals surface area (Å²) in [4.78, 5) is 11.7. The van der Waals surface area contributed by atoms with Crippen molar-refractivity contribution in [1.29, 1.82) is 0 Å². The molecule has 1 amide bonds. The van der Waals surface area contributed by atoms with Gasteiger partial charge in [-0.2, -0.15) is 11.8 Å². The van der Waals surface area contributed by atoms with Gasteiger partial charge in [-0.05, 0) is 24.8 Å².